The summed E-state index contributed by atoms with van der Waals surface area (Å²) in [6.07, 6.45) is 3.83. The SMILES string of the molecule is CC1CCCN(CCCNC(=O)NCCc2ccc(F)cc2F)C1. The summed E-state index contributed by atoms with van der Waals surface area (Å²) < 4.78 is 26.3. The van der Waals surface area contributed by atoms with Crippen LogP contribution in [0, 0.1) is 17.6 Å². The number of carbonyl (C=O) groups is 1. The number of amides is 2. The van der Waals surface area contributed by atoms with Crippen molar-refractivity contribution in [2.75, 3.05) is 32.7 Å². The van der Waals surface area contributed by atoms with Crippen LogP contribution in [0.4, 0.5) is 13.6 Å². The van der Waals surface area contributed by atoms with Crippen LogP contribution in [0.2, 0.25) is 0 Å². The topological polar surface area (TPSA) is 44.4 Å². The molecule has 0 aromatic heterocycles. The molecule has 4 nitrogen and oxygen atoms in total. The van der Waals surface area contributed by atoms with E-state index in [-0.39, 0.29) is 6.03 Å². The maximum Gasteiger partial charge on any atom is 0.314 e. The molecule has 1 aromatic rings. The van der Waals surface area contributed by atoms with Crippen LogP contribution in [-0.4, -0.2) is 43.7 Å². The van der Waals surface area contributed by atoms with Gasteiger partial charge in [0.2, 0.25) is 0 Å². The molecule has 134 valence electrons. The summed E-state index contributed by atoms with van der Waals surface area (Å²) in [6, 6.07) is 3.24. The largest absolute Gasteiger partial charge is 0.338 e. The average Bonchev–Trinajstić information content (AvgIpc) is 2.54. The minimum Gasteiger partial charge on any atom is -0.338 e. The van der Waals surface area contributed by atoms with Crippen LogP contribution in [0.15, 0.2) is 18.2 Å². The van der Waals surface area contributed by atoms with Crippen LogP contribution in [0.3, 0.4) is 0 Å². The summed E-state index contributed by atoms with van der Waals surface area (Å²) in [5.41, 5.74) is 0.399. The fraction of sp³-hybridized carbons (Fsp3) is 0.611. The van der Waals surface area contributed by atoms with Crippen molar-refractivity contribution in [2.45, 2.75) is 32.6 Å². The molecule has 1 fully saturated rings. The lowest BCUT2D eigenvalue weighted by Gasteiger charge is -2.30. The second-order valence-corrected chi connectivity index (χ2v) is 6.57. The number of halogens is 2. The van der Waals surface area contributed by atoms with Crippen molar-refractivity contribution in [1.82, 2.24) is 15.5 Å². The third-order valence-electron chi connectivity index (χ3n) is 4.37. The molecule has 1 atom stereocenters. The molecule has 0 bridgehead atoms. The van der Waals surface area contributed by atoms with Gasteiger partial charge in [-0.25, -0.2) is 13.6 Å². The smallest absolute Gasteiger partial charge is 0.314 e. The quantitative estimate of drug-likeness (QED) is 0.750. The number of carbonyl (C=O) groups excluding carboxylic acids is 1. The molecule has 0 spiro atoms. The third-order valence-corrected chi connectivity index (χ3v) is 4.37. The second-order valence-electron chi connectivity index (χ2n) is 6.57. The molecule has 1 unspecified atom stereocenters. The highest BCUT2D eigenvalue weighted by molar-refractivity contribution is 5.73. The van der Waals surface area contributed by atoms with E-state index in [0.717, 1.165) is 38.0 Å². The van der Waals surface area contributed by atoms with Gasteiger partial charge in [-0.05, 0) is 56.3 Å². The van der Waals surface area contributed by atoms with Gasteiger partial charge in [-0.1, -0.05) is 13.0 Å². The van der Waals surface area contributed by atoms with Gasteiger partial charge >= 0.3 is 6.03 Å². The van der Waals surface area contributed by atoms with Crippen LogP contribution in [-0.2, 0) is 6.42 Å². The van der Waals surface area contributed by atoms with Gasteiger partial charge in [-0.3, -0.25) is 0 Å². The normalized spacial score (nSPS) is 18.4. The fourth-order valence-corrected chi connectivity index (χ4v) is 3.09. The van der Waals surface area contributed by atoms with E-state index in [1.807, 2.05) is 0 Å². The zero-order valence-corrected chi connectivity index (χ0v) is 14.3. The van der Waals surface area contributed by atoms with Crippen molar-refractivity contribution >= 4 is 6.03 Å². The molecule has 2 amide bonds. The van der Waals surface area contributed by atoms with Crippen LogP contribution in [0.1, 0.15) is 31.7 Å². The lowest BCUT2D eigenvalue weighted by molar-refractivity contribution is 0.181. The van der Waals surface area contributed by atoms with Gasteiger partial charge in [0.15, 0.2) is 0 Å². The Bertz CT molecular complexity index is 539. The lowest BCUT2D eigenvalue weighted by atomic mass is 10.0. The Labute approximate surface area is 142 Å². The molecule has 2 rings (SSSR count). The summed E-state index contributed by atoms with van der Waals surface area (Å²) in [5.74, 6) is -0.403. The summed E-state index contributed by atoms with van der Waals surface area (Å²) in [6.45, 7) is 6.53. The molecule has 24 heavy (non-hydrogen) atoms. The molecule has 0 aliphatic carbocycles. The molecule has 0 radical (unpaired) electrons. The number of rotatable bonds is 7. The van der Waals surface area contributed by atoms with Crippen LogP contribution in [0.25, 0.3) is 0 Å². The molecule has 1 aliphatic rings. The summed E-state index contributed by atoms with van der Waals surface area (Å²) in [4.78, 5) is 14.1. The first-order chi connectivity index (χ1) is 11.5. The summed E-state index contributed by atoms with van der Waals surface area (Å²) in [7, 11) is 0. The number of piperidine rings is 1. The average molecular weight is 339 g/mol. The molecular weight excluding hydrogens is 312 g/mol. The Morgan fingerprint density at radius 1 is 1.29 bits per heavy atom. The molecular formula is C18H27F2N3O. The van der Waals surface area contributed by atoms with Gasteiger partial charge in [0.05, 0.1) is 0 Å². The molecule has 2 N–H and O–H groups in total. The summed E-state index contributed by atoms with van der Waals surface area (Å²) in [5, 5.41) is 5.51. The number of benzene rings is 1. The Morgan fingerprint density at radius 3 is 2.83 bits per heavy atom. The van der Waals surface area contributed by atoms with Crippen molar-refractivity contribution < 1.29 is 13.6 Å². The van der Waals surface area contributed by atoms with Crippen LogP contribution in [0.5, 0.6) is 0 Å². The molecule has 1 saturated heterocycles. The predicted molar refractivity (Wildman–Crippen MR) is 90.9 cm³/mol. The Kier molecular flexibility index (Phi) is 7.43. The van der Waals surface area contributed by atoms with Crippen LogP contribution >= 0.6 is 0 Å². The standard InChI is InChI=1S/C18H27F2N3O/c1-14-4-2-10-23(13-14)11-3-8-21-18(24)22-9-7-15-5-6-16(19)12-17(15)20/h5-6,12,14H,2-4,7-11,13H2,1H3,(H2,21,22,24). The Balaban J connectivity index is 1.55. The molecule has 1 aromatic carbocycles. The first-order valence-electron chi connectivity index (χ1n) is 8.72. The Morgan fingerprint density at radius 2 is 2.08 bits per heavy atom. The fourth-order valence-electron chi connectivity index (χ4n) is 3.09. The maximum atomic E-state index is 13.5. The van der Waals surface area contributed by atoms with E-state index in [1.165, 1.54) is 25.0 Å². The van der Waals surface area contributed by atoms with E-state index in [4.69, 9.17) is 0 Å². The van der Waals surface area contributed by atoms with Gasteiger partial charge in [0.25, 0.3) is 0 Å². The van der Waals surface area contributed by atoms with E-state index >= 15 is 0 Å². The van der Waals surface area contributed by atoms with E-state index in [9.17, 15) is 13.6 Å². The highest BCUT2D eigenvalue weighted by atomic mass is 19.1. The van der Waals surface area contributed by atoms with Crippen molar-refractivity contribution in [3.63, 3.8) is 0 Å². The number of hydrogen-bond acceptors (Lipinski definition) is 2. The van der Waals surface area contributed by atoms with Gasteiger partial charge < -0.3 is 15.5 Å². The number of hydrogen-bond donors (Lipinski definition) is 2. The minimum atomic E-state index is -0.593. The molecule has 0 saturated carbocycles. The highest BCUT2D eigenvalue weighted by Gasteiger charge is 2.15. The van der Waals surface area contributed by atoms with Gasteiger partial charge in [0.1, 0.15) is 11.6 Å². The number of nitrogens with one attached hydrogen (secondary N) is 2. The first-order valence-corrected chi connectivity index (χ1v) is 8.72. The second kappa shape index (κ2) is 9.57. The van der Waals surface area contributed by atoms with E-state index in [0.29, 0.717) is 25.1 Å². The number of nitrogens with zero attached hydrogens (tertiary/aromatic N) is 1. The zero-order chi connectivity index (χ0) is 17.4. The van der Waals surface area contributed by atoms with E-state index < -0.39 is 11.6 Å². The number of urea groups is 1. The Hall–Kier alpha value is -1.69. The lowest BCUT2D eigenvalue weighted by Crippen LogP contribution is -2.39. The van der Waals surface area contributed by atoms with Crippen LogP contribution < -0.4 is 10.6 Å². The third kappa shape index (κ3) is 6.43. The van der Waals surface area contributed by atoms with Gasteiger partial charge in [-0.2, -0.15) is 0 Å². The molecule has 1 aliphatic heterocycles. The zero-order valence-electron chi connectivity index (χ0n) is 14.3. The van der Waals surface area contributed by atoms with Crippen molar-refractivity contribution in [1.29, 1.82) is 0 Å². The highest BCUT2D eigenvalue weighted by Crippen LogP contribution is 2.15. The minimum absolute atomic E-state index is 0.246. The monoisotopic (exact) mass is 339 g/mol. The van der Waals surface area contributed by atoms with E-state index in [2.05, 4.69) is 22.5 Å². The first kappa shape index (κ1) is 18.6. The van der Waals surface area contributed by atoms with E-state index in [1.54, 1.807) is 0 Å². The van der Waals surface area contributed by atoms with Crippen molar-refractivity contribution in [3.05, 3.63) is 35.4 Å². The summed E-state index contributed by atoms with van der Waals surface area (Å²) >= 11 is 0. The van der Waals surface area contributed by atoms with Gasteiger partial charge in [0, 0.05) is 25.7 Å². The van der Waals surface area contributed by atoms with Gasteiger partial charge in [-0.15, -0.1) is 0 Å². The maximum absolute atomic E-state index is 13.5. The molecule has 1 heterocycles. The van der Waals surface area contributed by atoms with Crippen molar-refractivity contribution in [3.8, 4) is 0 Å². The number of likely N-dealkylation sites (tertiary alicyclic amines) is 1. The predicted octanol–water partition coefficient (Wildman–Crippen LogP) is 2.93. The molecule has 6 heteroatoms. The van der Waals surface area contributed by atoms with Crippen molar-refractivity contribution in [2.24, 2.45) is 5.92 Å².